The Morgan fingerprint density at radius 2 is 1.68 bits per heavy atom. The normalized spacial score (nSPS) is 14.5. The van der Waals surface area contributed by atoms with Gasteiger partial charge in [0.05, 0.1) is 5.69 Å². The average molecular weight is 253 g/mol. The van der Waals surface area contributed by atoms with E-state index in [1.54, 1.807) is 0 Å². The predicted octanol–water partition coefficient (Wildman–Crippen LogP) is 3.64. The number of benzene rings is 1. The van der Waals surface area contributed by atoms with Gasteiger partial charge in [0.25, 0.3) is 0 Å². The smallest absolute Gasteiger partial charge is 0.148 e. The molecule has 0 bridgehead atoms. The van der Waals surface area contributed by atoms with Gasteiger partial charge < -0.3 is 5.32 Å². The predicted molar refractivity (Wildman–Crippen MR) is 78.3 cm³/mol. The van der Waals surface area contributed by atoms with Crippen LogP contribution in [0.25, 0.3) is 11.3 Å². The lowest BCUT2D eigenvalue weighted by molar-refractivity contribution is 1.00. The lowest BCUT2D eigenvalue weighted by Gasteiger charge is -2.09. The molecule has 0 unspecified atom stereocenters. The van der Waals surface area contributed by atoms with Crippen LogP contribution >= 0.6 is 0 Å². The van der Waals surface area contributed by atoms with E-state index in [2.05, 4.69) is 54.5 Å². The number of aromatic nitrogens is 2. The van der Waals surface area contributed by atoms with Gasteiger partial charge in [-0.1, -0.05) is 6.07 Å². The number of nitrogens with zero attached hydrogens (tertiary/aromatic N) is 2. The topological polar surface area (TPSA) is 37.8 Å². The molecule has 0 atom stereocenters. The van der Waals surface area contributed by atoms with E-state index in [-0.39, 0.29) is 0 Å². The minimum Gasteiger partial charge on any atom is -0.366 e. The first-order valence-electron chi connectivity index (χ1n) is 6.82. The van der Waals surface area contributed by atoms with Crippen molar-refractivity contribution in [3.8, 4) is 11.3 Å². The van der Waals surface area contributed by atoms with Gasteiger partial charge in [-0.05, 0) is 68.5 Å². The molecular formula is C16H19N3. The molecule has 1 aromatic carbocycles. The number of nitrogens with one attached hydrogen (secondary N) is 1. The Balaban J connectivity index is 1.90. The van der Waals surface area contributed by atoms with Gasteiger partial charge in [0.1, 0.15) is 5.82 Å². The van der Waals surface area contributed by atoms with E-state index in [0.717, 1.165) is 11.5 Å². The Hall–Kier alpha value is -1.90. The third kappa shape index (κ3) is 2.60. The lowest BCUT2D eigenvalue weighted by Crippen LogP contribution is -2.04. The van der Waals surface area contributed by atoms with Crippen molar-refractivity contribution in [3.05, 3.63) is 41.0 Å². The highest BCUT2D eigenvalue weighted by molar-refractivity contribution is 5.65. The minimum atomic E-state index is 0.614. The van der Waals surface area contributed by atoms with Crippen LogP contribution in [0.5, 0.6) is 0 Å². The average Bonchev–Trinajstić information content (AvgIpc) is 3.19. The van der Waals surface area contributed by atoms with E-state index in [1.807, 2.05) is 6.07 Å². The largest absolute Gasteiger partial charge is 0.366 e. The summed E-state index contributed by atoms with van der Waals surface area (Å²) in [6, 6.07) is 9.10. The van der Waals surface area contributed by atoms with Crippen LogP contribution in [0.15, 0.2) is 24.3 Å². The molecule has 3 nitrogen and oxygen atoms in total. The van der Waals surface area contributed by atoms with Gasteiger partial charge in [-0.3, -0.25) is 0 Å². The van der Waals surface area contributed by atoms with Gasteiger partial charge in [0, 0.05) is 11.6 Å². The number of hydrogen-bond acceptors (Lipinski definition) is 3. The van der Waals surface area contributed by atoms with Gasteiger partial charge in [-0.25, -0.2) is 0 Å². The maximum absolute atomic E-state index is 4.35. The molecule has 1 saturated carbocycles. The summed E-state index contributed by atoms with van der Waals surface area (Å²) in [7, 11) is 0. The molecule has 0 aliphatic heterocycles. The summed E-state index contributed by atoms with van der Waals surface area (Å²) in [6.45, 7) is 6.40. The van der Waals surface area contributed by atoms with E-state index in [1.165, 1.54) is 35.1 Å². The highest BCUT2D eigenvalue weighted by Crippen LogP contribution is 2.26. The molecule has 3 rings (SSSR count). The summed E-state index contributed by atoms with van der Waals surface area (Å²) >= 11 is 0. The second-order valence-corrected chi connectivity index (χ2v) is 5.47. The second-order valence-electron chi connectivity index (χ2n) is 5.47. The van der Waals surface area contributed by atoms with E-state index >= 15 is 0 Å². The van der Waals surface area contributed by atoms with Crippen LogP contribution in [0.3, 0.4) is 0 Å². The molecule has 0 saturated heterocycles. The van der Waals surface area contributed by atoms with Crippen LogP contribution in [-0.2, 0) is 0 Å². The molecule has 1 heterocycles. The third-order valence-corrected chi connectivity index (χ3v) is 3.71. The molecule has 1 aliphatic rings. The van der Waals surface area contributed by atoms with E-state index < -0.39 is 0 Å². The van der Waals surface area contributed by atoms with Crippen LogP contribution in [0, 0.1) is 20.8 Å². The molecule has 1 aliphatic carbocycles. The van der Waals surface area contributed by atoms with Crippen LogP contribution in [0.2, 0.25) is 0 Å². The summed E-state index contributed by atoms with van der Waals surface area (Å²) in [4.78, 5) is 0. The van der Waals surface area contributed by atoms with Crippen LogP contribution in [0.4, 0.5) is 5.82 Å². The molecule has 3 heteroatoms. The molecule has 98 valence electrons. The highest BCUT2D eigenvalue weighted by Gasteiger charge is 2.21. The van der Waals surface area contributed by atoms with Crippen molar-refractivity contribution in [3.63, 3.8) is 0 Å². The van der Waals surface area contributed by atoms with Crippen molar-refractivity contribution in [1.29, 1.82) is 0 Å². The van der Waals surface area contributed by atoms with Crippen LogP contribution in [0.1, 0.15) is 29.5 Å². The Morgan fingerprint density at radius 1 is 0.947 bits per heavy atom. The zero-order chi connectivity index (χ0) is 13.4. The molecule has 1 N–H and O–H groups in total. The van der Waals surface area contributed by atoms with Gasteiger partial charge in [-0.15, -0.1) is 10.2 Å². The van der Waals surface area contributed by atoms with Crippen molar-refractivity contribution in [2.24, 2.45) is 0 Å². The van der Waals surface area contributed by atoms with Gasteiger partial charge in [0.2, 0.25) is 0 Å². The standard InChI is InChI=1S/C16H19N3/c1-10-8-12(3)14(9-11(10)2)15-6-7-16(19-18-15)17-13-4-5-13/h6-9,13H,4-5H2,1-3H3,(H,17,19). The molecule has 1 fully saturated rings. The molecule has 1 aromatic heterocycles. The third-order valence-electron chi connectivity index (χ3n) is 3.71. The van der Waals surface area contributed by atoms with Gasteiger partial charge >= 0.3 is 0 Å². The Bertz CT molecular complexity index is 598. The molecule has 2 aromatic rings. The first-order chi connectivity index (χ1) is 9.13. The van der Waals surface area contributed by atoms with Gasteiger partial charge in [0.15, 0.2) is 0 Å². The monoisotopic (exact) mass is 253 g/mol. The van der Waals surface area contributed by atoms with E-state index in [4.69, 9.17) is 0 Å². The molecule has 0 radical (unpaired) electrons. The van der Waals surface area contributed by atoms with Crippen molar-refractivity contribution >= 4 is 5.82 Å². The number of rotatable bonds is 3. The van der Waals surface area contributed by atoms with E-state index in [0.29, 0.717) is 6.04 Å². The number of aryl methyl sites for hydroxylation is 3. The van der Waals surface area contributed by atoms with Crippen molar-refractivity contribution in [1.82, 2.24) is 10.2 Å². The maximum atomic E-state index is 4.35. The van der Waals surface area contributed by atoms with Crippen molar-refractivity contribution < 1.29 is 0 Å². The molecule has 19 heavy (non-hydrogen) atoms. The van der Waals surface area contributed by atoms with Crippen LogP contribution < -0.4 is 5.32 Å². The Morgan fingerprint density at radius 3 is 2.32 bits per heavy atom. The summed E-state index contributed by atoms with van der Waals surface area (Å²) < 4.78 is 0. The second kappa shape index (κ2) is 4.65. The summed E-state index contributed by atoms with van der Waals surface area (Å²) in [6.07, 6.45) is 2.50. The molecule has 0 spiro atoms. The fraction of sp³-hybridized carbons (Fsp3) is 0.375. The van der Waals surface area contributed by atoms with E-state index in [9.17, 15) is 0 Å². The first kappa shape index (κ1) is 12.2. The zero-order valence-corrected chi connectivity index (χ0v) is 11.7. The summed E-state index contributed by atoms with van der Waals surface area (Å²) in [5, 5.41) is 12.0. The molecule has 0 amide bonds. The minimum absolute atomic E-state index is 0.614. The summed E-state index contributed by atoms with van der Waals surface area (Å²) in [5.41, 5.74) is 5.99. The van der Waals surface area contributed by atoms with Crippen molar-refractivity contribution in [2.75, 3.05) is 5.32 Å². The lowest BCUT2D eigenvalue weighted by atomic mass is 9.99. The van der Waals surface area contributed by atoms with Gasteiger partial charge in [-0.2, -0.15) is 0 Å². The number of anilines is 1. The van der Waals surface area contributed by atoms with Crippen molar-refractivity contribution in [2.45, 2.75) is 39.7 Å². The summed E-state index contributed by atoms with van der Waals surface area (Å²) in [5.74, 6) is 0.882. The quantitative estimate of drug-likeness (QED) is 0.907. The van der Waals surface area contributed by atoms with Crippen LogP contribution in [-0.4, -0.2) is 16.2 Å². The fourth-order valence-electron chi connectivity index (χ4n) is 2.23. The Labute approximate surface area is 114 Å². The number of hydrogen-bond donors (Lipinski definition) is 1. The Kier molecular flexibility index (Phi) is 2.97. The fourth-order valence-corrected chi connectivity index (χ4v) is 2.23. The SMILES string of the molecule is Cc1cc(C)c(-c2ccc(NC3CC3)nn2)cc1C. The first-order valence-corrected chi connectivity index (χ1v) is 6.82. The zero-order valence-electron chi connectivity index (χ0n) is 11.7. The molecular weight excluding hydrogens is 234 g/mol. The maximum Gasteiger partial charge on any atom is 0.148 e. The highest BCUT2D eigenvalue weighted by atomic mass is 15.2.